The lowest BCUT2D eigenvalue weighted by Crippen LogP contribution is -2.29. The van der Waals surface area contributed by atoms with Crippen LogP contribution in [0.4, 0.5) is 23.0 Å². The number of benzene rings is 2. The lowest BCUT2D eigenvalue weighted by atomic mass is 10.1. The first kappa shape index (κ1) is 30.3. The number of aromatic nitrogens is 4. The minimum atomic E-state index is -0.334. The first-order valence-electron chi connectivity index (χ1n) is 14.1. The number of aliphatic hydroxyl groups excluding tert-OH is 1. The number of furan rings is 1. The SMILES string of the molecule is C=CC(=O)Nc1cc(Nc2nccc(-c3[nH]c(CCO)nc3-c3ccc4ccoc4c3)n2)c(OC)cc1N(C)CCN(C)C. The van der Waals surface area contributed by atoms with Crippen molar-refractivity contribution in [3.05, 3.63) is 73.4 Å². The summed E-state index contributed by atoms with van der Waals surface area (Å²) in [5.41, 5.74) is 5.44. The molecule has 0 aliphatic heterocycles. The first-order valence-corrected chi connectivity index (χ1v) is 14.1. The fourth-order valence-electron chi connectivity index (χ4n) is 4.73. The molecule has 3 aromatic heterocycles. The number of rotatable bonds is 13. The standard InChI is InChI=1S/C32H36N8O4/c1-6-29(42)34-23-18-24(27(43-5)19-25(23)40(4)14-13-39(2)3)36-32-33-12-9-22(35-32)31-30(37-28(38-31)10-15-41)21-8-7-20-11-16-44-26(20)17-21/h6-9,11-12,16-19,41H,1,10,13-15H2,2-5H3,(H,34,42)(H,37,38)(H,33,35,36). The molecule has 44 heavy (non-hydrogen) atoms. The van der Waals surface area contributed by atoms with Crippen molar-refractivity contribution >= 4 is 39.9 Å². The van der Waals surface area contributed by atoms with Crippen molar-refractivity contribution in [1.29, 1.82) is 0 Å². The Balaban J connectivity index is 1.51. The number of amides is 1. The number of nitrogens with zero attached hydrogens (tertiary/aromatic N) is 5. The van der Waals surface area contributed by atoms with Gasteiger partial charge in [0.2, 0.25) is 11.9 Å². The molecule has 228 valence electrons. The van der Waals surface area contributed by atoms with E-state index in [9.17, 15) is 9.90 Å². The van der Waals surface area contributed by atoms with Crippen LogP contribution >= 0.6 is 0 Å². The fourth-order valence-corrected chi connectivity index (χ4v) is 4.73. The molecule has 4 N–H and O–H groups in total. The lowest BCUT2D eigenvalue weighted by Gasteiger charge is -2.26. The zero-order chi connectivity index (χ0) is 31.2. The summed E-state index contributed by atoms with van der Waals surface area (Å²) in [4.78, 5) is 33.8. The second kappa shape index (κ2) is 13.4. The van der Waals surface area contributed by atoms with Gasteiger partial charge >= 0.3 is 0 Å². The molecule has 12 nitrogen and oxygen atoms in total. The minimum Gasteiger partial charge on any atom is -0.494 e. The van der Waals surface area contributed by atoms with Gasteiger partial charge in [-0.05, 0) is 44.4 Å². The molecule has 5 aromatic rings. The predicted octanol–water partition coefficient (Wildman–Crippen LogP) is 4.69. The molecular weight excluding hydrogens is 560 g/mol. The molecule has 0 saturated heterocycles. The molecule has 0 bridgehead atoms. The van der Waals surface area contributed by atoms with Gasteiger partial charge in [-0.25, -0.2) is 15.0 Å². The summed E-state index contributed by atoms with van der Waals surface area (Å²) in [5.74, 6) is 1.14. The highest BCUT2D eigenvalue weighted by Crippen LogP contribution is 2.38. The van der Waals surface area contributed by atoms with Crippen LogP contribution in [-0.4, -0.2) is 83.8 Å². The number of methoxy groups -OCH3 is 1. The molecule has 12 heteroatoms. The van der Waals surface area contributed by atoms with E-state index in [0.717, 1.165) is 35.3 Å². The summed E-state index contributed by atoms with van der Waals surface area (Å²) in [6.07, 6.45) is 4.88. The van der Waals surface area contributed by atoms with Crippen LogP contribution in [0, 0.1) is 0 Å². The van der Waals surface area contributed by atoms with Crippen LogP contribution in [0.1, 0.15) is 5.82 Å². The quantitative estimate of drug-likeness (QED) is 0.141. The van der Waals surface area contributed by atoms with Crippen LogP contribution in [0.3, 0.4) is 0 Å². The Kier molecular flexibility index (Phi) is 9.22. The van der Waals surface area contributed by atoms with Gasteiger partial charge in [0.15, 0.2) is 0 Å². The van der Waals surface area contributed by atoms with Crippen molar-refractivity contribution < 1.29 is 19.1 Å². The number of likely N-dealkylation sites (N-methyl/N-ethyl adjacent to an activating group) is 2. The van der Waals surface area contributed by atoms with Gasteiger partial charge in [-0.3, -0.25) is 4.79 Å². The Morgan fingerprint density at radius 1 is 1.11 bits per heavy atom. The third-order valence-electron chi connectivity index (χ3n) is 7.04. The second-order valence-electron chi connectivity index (χ2n) is 10.4. The van der Waals surface area contributed by atoms with E-state index in [4.69, 9.17) is 19.1 Å². The lowest BCUT2D eigenvalue weighted by molar-refractivity contribution is -0.111. The van der Waals surface area contributed by atoms with E-state index >= 15 is 0 Å². The largest absolute Gasteiger partial charge is 0.494 e. The molecule has 0 atom stereocenters. The topological polar surface area (TPSA) is 145 Å². The number of nitrogens with one attached hydrogen (secondary N) is 3. The van der Waals surface area contributed by atoms with Crippen LogP contribution < -0.4 is 20.3 Å². The van der Waals surface area contributed by atoms with Crippen molar-refractivity contribution in [3.8, 4) is 28.4 Å². The van der Waals surface area contributed by atoms with Crippen molar-refractivity contribution in [3.63, 3.8) is 0 Å². The average molecular weight is 597 g/mol. The number of carbonyl (C=O) groups is 1. The van der Waals surface area contributed by atoms with Crippen molar-refractivity contribution in [2.24, 2.45) is 0 Å². The van der Waals surface area contributed by atoms with Gasteiger partial charge in [-0.15, -0.1) is 0 Å². The van der Waals surface area contributed by atoms with Crippen LogP contribution in [0.25, 0.3) is 33.6 Å². The van der Waals surface area contributed by atoms with E-state index in [1.54, 1.807) is 31.7 Å². The van der Waals surface area contributed by atoms with Gasteiger partial charge in [-0.2, -0.15) is 0 Å². The van der Waals surface area contributed by atoms with E-state index in [-0.39, 0.29) is 12.5 Å². The molecule has 0 aliphatic carbocycles. The Bertz CT molecular complexity index is 1780. The molecule has 0 aliphatic rings. The number of fused-ring (bicyclic) bond motifs is 1. The number of H-pyrrole nitrogens is 1. The first-order chi connectivity index (χ1) is 21.3. The molecule has 5 rings (SSSR count). The third-order valence-corrected chi connectivity index (χ3v) is 7.04. The van der Waals surface area contributed by atoms with Crippen molar-refractivity contribution in [2.45, 2.75) is 6.42 Å². The highest BCUT2D eigenvalue weighted by molar-refractivity contribution is 6.02. The summed E-state index contributed by atoms with van der Waals surface area (Å²) >= 11 is 0. The smallest absolute Gasteiger partial charge is 0.247 e. The van der Waals surface area contributed by atoms with Crippen LogP contribution in [0.2, 0.25) is 0 Å². The van der Waals surface area contributed by atoms with Crippen molar-refractivity contribution in [2.75, 3.05) is 63.5 Å². The highest BCUT2D eigenvalue weighted by atomic mass is 16.5. The number of ether oxygens (including phenoxy) is 1. The van der Waals surface area contributed by atoms with Crippen molar-refractivity contribution in [1.82, 2.24) is 24.8 Å². The van der Waals surface area contributed by atoms with Crippen LogP contribution in [-0.2, 0) is 11.2 Å². The molecule has 0 fully saturated rings. The number of hydrogen-bond donors (Lipinski definition) is 4. The number of hydrogen-bond acceptors (Lipinski definition) is 10. The number of aromatic amines is 1. The maximum absolute atomic E-state index is 12.3. The van der Waals surface area contributed by atoms with E-state index in [0.29, 0.717) is 52.4 Å². The molecule has 3 heterocycles. The molecule has 1 amide bonds. The van der Waals surface area contributed by atoms with Gasteiger partial charge in [0, 0.05) is 49.8 Å². The van der Waals surface area contributed by atoms with Gasteiger partial charge in [0.1, 0.15) is 17.2 Å². The number of anilines is 4. The fraction of sp³-hybridized carbons (Fsp3) is 0.250. The summed E-state index contributed by atoms with van der Waals surface area (Å²) in [7, 11) is 7.55. The second-order valence-corrected chi connectivity index (χ2v) is 10.4. The highest BCUT2D eigenvalue weighted by Gasteiger charge is 2.19. The normalized spacial score (nSPS) is 11.1. The molecule has 0 radical (unpaired) electrons. The molecule has 0 saturated carbocycles. The molecular formula is C32H36N8O4. The Hall–Kier alpha value is -5.20. The van der Waals surface area contributed by atoms with Crippen LogP contribution in [0.15, 0.2) is 72.0 Å². The minimum absolute atomic E-state index is 0.0506. The Morgan fingerprint density at radius 2 is 1.95 bits per heavy atom. The van der Waals surface area contributed by atoms with E-state index in [2.05, 4.69) is 32.1 Å². The summed E-state index contributed by atoms with van der Waals surface area (Å²) in [6.45, 7) is 5.08. The molecule has 2 aromatic carbocycles. The molecule has 0 unspecified atom stereocenters. The van der Waals surface area contributed by atoms with Gasteiger partial charge < -0.3 is 39.7 Å². The summed E-state index contributed by atoms with van der Waals surface area (Å²) in [5, 5.41) is 16.7. The van der Waals surface area contributed by atoms with Gasteiger partial charge in [0.05, 0.1) is 54.1 Å². The maximum atomic E-state index is 12.3. The number of aliphatic hydroxyl groups is 1. The van der Waals surface area contributed by atoms with E-state index in [1.807, 2.05) is 56.4 Å². The Labute approximate surface area is 255 Å². The molecule has 0 spiro atoms. The zero-order valence-corrected chi connectivity index (χ0v) is 25.2. The maximum Gasteiger partial charge on any atom is 0.247 e. The average Bonchev–Trinajstić information content (AvgIpc) is 3.67. The summed E-state index contributed by atoms with van der Waals surface area (Å²) in [6, 6.07) is 13.2. The van der Waals surface area contributed by atoms with E-state index in [1.165, 1.54) is 6.08 Å². The third kappa shape index (κ3) is 6.72. The zero-order valence-electron chi connectivity index (χ0n) is 25.2. The van der Waals surface area contributed by atoms with Crippen LogP contribution in [0.5, 0.6) is 5.75 Å². The summed E-state index contributed by atoms with van der Waals surface area (Å²) < 4.78 is 11.3. The number of carbonyl (C=O) groups excluding carboxylic acids is 1. The van der Waals surface area contributed by atoms with Gasteiger partial charge in [0.25, 0.3) is 0 Å². The monoisotopic (exact) mass is 596 g/mol. The predicted molar refractivity (Wildman–Crippen MR) is 173 cm³/mol. The van der Waals surface area contributed by atoms with Gasteiger partial charge in [-0.1, -0.05) is 18.7 Å². The Morgan fingerprint density at radius 3 is 2.70 bits per heavy atom. The number of imidazole rings is 1. The van der Waals surface area contributed by atoms with E-state index < -0.39 is 0 Å².